The number of anilines is 1. The first-order chi connectivity index (χ1) is 10.0. The highest BCUT2D eigenvalue weighted by Crippen LogP contribution is 2.20. The van der Waals surface area contributed by atoms with Gasteiger partial charge in [-0.1, -0.05) is 22.0 Å². The molecule has 1 N–H and O–H groups in total. The molecule has 110 valence electrons. The lowest BCUT2D eigenvalue weighted by Crippen LogP contribution is -2.06. The first kappa shape index (κ1) is 15.4. The van der Waals surface area contributed by atoms with Crippen LogP contribution < -0.4 is 5.32 Å². The van der Waals surface area contributed by atoms with Crippen LogP contribution in [0, 0.1) is 11.6 Å². The molecule has 3 nitrogen and oxygen atoms in total. The first-order valence-corrected chi connectivity index (χ1v) is 6.86. The lowest BCUT2D eigenvalue weighted by molar-refractivity contribution is 0.0600. The van der Waals surface area contributed by atoms with Gasteiger partial charge >= 0.3 is 5.97 Å². The number of hydrogen-bond acceptors (Lipinski definition) is 3. The predicted molar refractivity (Wildman–Crippen MR) is 79.2 cm³/mol. The van der Waals surface area contributed by atoms with Crippen molar-refractivity contribution in [1.29, 1.82) is 0 Å². The molecule has 0 aliphatic heterocycles. The first-order valence-electron chi connectivity index (χ1n) is 6.07. The van der Waals surface area contributed by atoms with Gasteiger partial charge in [-0.2, -0.15) is 0 Å². The Kier molecular flexibility index (Phi) is 4.90. The summed E-state index contributed by atoms with van der Waals surface area (Å²) in [6.45, 7) is 0.0979. The third-order valence-corrected chi connectivity index (χ3v) is 3.37. The van der Waals surface area contributed by atoms with Crippen molar-refractivity contribution in [3.8, 4) is 0 Å². The summed E-state index contributed by atoms with van der Waals surface area (Å²) in [5.74, 6) is -1.49. The Morgan fingerprint density at radius 2 is 1.95 bits per heavy atom. The minimum atomic E-state index is -0.562. The summed E-state index contributed by atoms with van der Waals surface area (Å²) in [6, 6.07) is 8.44. The summed E-state index contributed by atoms with van der Waals surface area (Å²) < 4.78 is 32.6. The van der Waals surface area contributed by atoms with Crippen molar-refractivity contribution in [2.24, 2.45) is 0 Å². The Hall–Kier alpha value is -1.95. The maximum atomic E-state index is 13.7. The highest BCUT2D eigenvalue weighted by molar-refractivity contribution is 9.10. The van der Waals surface area contributed by atoms with Gasteiger partial charge in [0.25, 0.3) is 0 Å². The van der Waals surface area contributed by atoms with Crippen LogP contribution in [-0.4, -0.2) is 13.1 Å². The van der Waals surface area contributed by atoms with Crippen molar-refractivity contribution in [3.63, 3.8) is 0 Å². The normalized spacial score (nSPS) is 10.3. The summed E-state index contributed by atoms with van der Waals surface area (Å²) in [5, 5.41) is 2.77. The number of esters is 1. The molecule has 0 amide bonds. The van der Waals surface area contributed by atoms with Gasteiger partial charge in [0, 0.05) is 16.6 Å². The summed E-state index contributed by atoms with van der Waals surface area (Å²) in [7, 11) is 1.25. The minimum Gasteiger partial charge on any atom is -0.465 e. The van der Waals surface area contributed by atoms with Crippen LogP contribution in [0.1, 0.15) is 15.9 Å². The quantitative estimate of drug-likeness (QED) is 0.838. The fourth-order valence-corrected chi connectivity index (χ4v) is 2.09. The van der Waals surface area contributed by atoms with Gasteiger partial charge in [-0.05, 0) is 30.3 Å². The molecule has 0 radical (unpaired) electrons. The second-order valence-corrected chi connectivity index (χ2v) is 5.19. The van der Waals surface area contributed by atoms with E-state index in [4.69, 9.17) is 0 Å². The molecule has 0 aliphatic carbocycles. The molecule has 0 saturated carbocycles. The predicted octanol–water partition coefficient (Wildman–Crippen LogP) is 4.13. The lowest BCUT2D eigenvalue weighted by Gasteiger charge is -2.10. The average Bonchev–Trinajstić information content (AvgIpc) is 2.47. The van der Waals surface area contributed by atoms with E-state index in [0.717, 1.165) is 6.07 Å². The number of benzene rings is 2. The second-order valence-electron chi connectivity index (χ2n) is 4.28. The van der Waals surface area contributed by atoms with E-state index in [-0.39, 0.29) is 17.8 Å². The number of methoxy groups -OCH3 is 1. The zero-order chi connectivity index (χ0) is 15.4. The fraction of sp³-hybridized carbons (Fsp3) is 0.133. The van der Waals surface area contributed by atoms with E-state index in [1.165, 1.54) is 25.3 Å². The summed E-state index contributed by atoms with van der Waals surface area (Å²) in [5.41, 5.74) is 0.721. The number of rotatable bonds is 4. The van der Waals surface area contributed by atoms with E-state index >= 15 is 0 Å². The monoisotopic (exact) mass is 355 g/mol. The maximum Gasteiger partial charge on any atom is 0.337 e. The Bertz CT molecular complexity index is 677. The Morgan fingerprint density at radius 3 is 2.62 bits per heavy atom. The number of halogens is 3. The fourth-order valence-electron chi connectivity index (χ4n) is 1.76. The molecule has 2 aromatic carbocycles. The summed E-state index contributed by atoms with van der Waals surface area (Å²) in [4.78, 5) is 11.4. The second kappa shape index (κ2) is 6.67. The third-order valence-electron chi connectivity index (χ3n) is 2.87. The van der Waals surface area contributed by atoms with Crippen LogP contribution in [0.4, 0.5) is 14.5 Å². The van der Waals surface area contributed by atoms with Gasteiger partial charge in [-0.15, -0.1) is 0 Å². The van der Waals surface area contributed by atoms with Gasteiger partial charge in [0.1, 0.15) is 11.6 Å². The molecule has 0 bridgehead atoms. The minimum absolute atomic E-state index is 0.0979. The van der Waals surface area contributed by atoms with Gasteiger partial charge in [-0.25, -0.2) is 13.6 Å². The number of carbonyl (C=O) groups is 1. The molecule has 0 spiro atoms. The molecule has 0 aliphatic rings. The molecule has 0 saturated heterocycles. The van der Waals surface area contributed by atoms with Crippen LogP contribution in [-0.2, 0) is 11.3 Å². The third kappa shape index (κ3) is 3.78. The number of nitrogens with one attached hydrogen (secondary N) is 1. The van der Waals surface area contributed by atoms with Gasteiger partial charge in [0.05, 0.1) is 18.4 Å². The van der Waals surface area contributed by atoms with Crippen LogP contribution in [0.25, 0.3) is 0 Å². The summed E-state index contributed by atoms with van der Waals surface area (Å²) in [6.07, 6.45) is 0. The van der Waals surface area contributed by atoms with E-state index in [2.05, 4.69) is 26.0 Å². The zero-order valence-corrected chi connectivity index (χ0v) is 12.7. The van der Waals surface area contributed by atoms with Crippen molar-refractivity contribution < 1.29 is 18.3 Å². The van der Waals surface area contributed by atoms with E-state index in [1.807, 2.05) is 0 Å². The number of hydrogen-bond donors (Lipinski definition) is 1. The maximum absolute atomic E-state index is 13.7. The molecule has 0 unspecified atom stereocenters. The van der Waals surface area contributed by atoms with E-state index in [9.17, 15) is 13.6 Å². The molecule has 21 heavy (non-hydrogen) atoms. The van der Waals surface area contributed by atoms with Crippen molar-refractivity contribution >= 4 is 27.6 Å². The van der Waals surface area contributed by atoms with Crippen molar-refractivity contribution in [2.75, 3.05) is 12.4 Å². The molecule has 0 atom stereocenters. The van der Waals surface area contributed by atoms with Crippen LogP contribution in [0.2, 0.25) is 0 Å². The molecule has 6 heteroatoms. The standard InChI is InChI=1S/C15H12BrF2NO2/c1-21-15(20)9-3-5-12(17)14(6-9)19-8-10-2-4-11(16)7-13(10)18/h2-7,19H,8H2,1H3. The largest absolute Gasteiger partial charge is 0.465 e. The Morgan fingerprint density at radius 1 is 1.19 bits per heavy atom. The molecule has 0 heterocycles. The van der Waals surface area contributed by atoms with Crippen molar-refractivity contribution in [3.05, 3.63) is 63.6 Å². The van der Waals surface area contributed by atoms with Crippen LogP contribution in [0.5, 0.6) is 0 Å². The molecule has 2 rings (SSSR count). The van der Waals surface area contributed by atoms with Gasteiger partial charge < -0.3 is 10.1 Å². The highest BCUT2D eigenvalue weighted by Gasteiger charge is 2.10. The van der Waals surface area contributed by atoms with Gasteiger partial charge in [0.15, 0.2) is 0 Å². The number of carbonyl (C=O) groups excluding carboxylic acids is 1. The van der Waals surface area contributed by atoms with Gasteiger partial charge in [-0.3, -0.25) is 0 Å². The van der Waals surface area contributed by atoms with Crippen LogP contribution in [0.3, 0.4) is 0 Å². The lowest BCUT2D eigenvalue weighted by atomic mass is 10.1. The Balaban J connectivity index is 2.17. The zero-order valence-electron chi connectivity index (χ0n) is 11.1. The van der Waals surface area contributed by atoms with Crippen molar-refractivity contribution in [2.45, 2.75) is 6.54 Å². The molecule has 2 aromatic rings. The molecular weight excluding hydrogens is 344 g/mol. The van der Waals surface area contributed by atoms with Gasteiger partial charge in [0.2, 0.25) is 0 Å². The number of ether oxygens (including phenoxy) is 1. The Labute approximate surface area is 129 Å². The van der Waals surface area contributed by atoms with Crippen LogP contribution >= 0.6 is 15.9 Å². The topological polar surface area (TPSA) is 38.3 Å². The van der Waals surface area contributed by atoms with Crippen molar-refractivity contribution in [1.82, 2.24) is 0 Å². The highest BCUT2D eigenvalue weighted by atomic mass is 79.9. The van der Waals surface area contributed by atoms with E-state index < -0.39 is 17.6 Å². The van der Waals surface area contributed by atoms with Crippen LogP contribution in [0.15, 0.2) is 40.9 Å². The molecule has 0 aromatic heterocycles. The SMILES string of the molecule is COC(=O)c1ccc(F)c(NCc2ccc(Br)cc2F)c1. The van der Waals surface area contributed by atoms with E-state index in [1.54, 1.807) is 12.1 Å². The molecule has 0 fully saturated rings. The smallest absolute Gasteiger partial charge is 0.337 e. The average molecular weight is 356 g/mol. The van der Waals surface area contributed by atoms with E-state index in [0.29, 0.717) is 10.0 Å². The summed E-state index contributed by atoms with van der Waals surface area (Å²) >= 11 is 3.17. The molecular formula is C15H12BrF2NO2.